The number of thioether (sulfide) groups is 1. The van der Waals surface area contributed by atoms with Crippen LogP contribution in [0.25, 0.3) is 0 Å². The second-order valence-corrected chi connectivity index (χ2v) is 7.39. The maximum absolute atomic E-state index is 14.2. The summed E-state index contributed by atoms with van der Waals surface area (Å²) < 4.78 is 79.3. The molecule has 1 aliphatic heterocycles. The Hall–Kier alpha value is -2.49. The highest BCUT2D eigenvalue weighted by atomic mass is 32.2. The smallest absolute Gasteiger partial charge is 0.208 e. The zero-order valence-electron chi connectivity index (χ0n) is 14.7. The molecule has 0 atom stereocenters. The summed E-state index contributed by atoms with van der Waals surface area (Å²) in [6, 6.07) is 4.03. The van der Waals surface area contributed by atoms with Gasteiger partial charge in [0.05, 0.1) is 0 Å². The number of rotatable bonds is 5. The molecule has 2 aromatic carbocycles. The molecule has 0 spiro atoms. The Morgan fingerprint density at radius 3 is 2.07 bits per heavy atom. The zero-order chi connectivity index (χ0) is 20.5. The zero-order valence-corrected chi connectivity index (χ0v) is 15.5. The first kappa shape index (κ1) is 20.2. The van der Waals surface area contributed by atoms with Crippen LogP contribution in [0.2, 0.25) is 0 Å². The quantitative estimate of drug-likeness (QED) is 0.351. The molecule has 0 saturated heterocycles. The molecule has 0 aromatic heterocycles. The molecular formula is C18H14F5NO3S. The van der Waals surface area contributed by atoms with E-state index in [4.69, 9.17) is 14.3 Å². The van der Waals surface area contributed by atoms with Crippen LogP contribution in [0.3, 0.4) is 0 Å². The van der Waals surface area contributed by atoms with E-state index in [9.17, 15) is 22.0 Å². The summed E-state index contributed by atoms with van der Waals surface area (Å²) in [6.45, 7) is 3.60. The first-order chi connectivity index (χ1) is 13.2. The highest BCUT2D eigenvalue weighted by Gasteiger charge is 2.31. The molecule has 4 nitrogen and oxygen atoms in total. The lowest BCUT2D eigenvalue weighted by Crippen LogP contribution is -2.18. The second-order valence-electron chi connectivity index (χ2n) is 6.39. The molecule has 0 N–H and O–H groups in total. The van der Waals surface area contributed by atoms with Crippen molar-refractivity contribution in [2.45, 2.75) is 25.9 Å². The highest BCUT2D eigenvalue weighted by molar-refractivity contribution is 8.13. The first-order valence-corrected chi connectivity index (χ1v) is 8.96. The fourth-order valence-electron chi connectivity index (χ4n) is 2.27. The Labute approximate surface area is 161 Å². The van der Waals surface area contributed by atoms with Crippen LogP contribution in [-0.2, 0) is 4.84 Å². The van der Waals surface area contributed by atoms with Crippen LogP contribution >= 0.6 is 11.8 Å². The molecule has 0 fully saturated rings. The molecule has 1 heterocycles. The summed E-state index contributed by atoms with van der Waals surface area (Å²) in [4.78, 5) is 5.12. The van der Waals surface area contributed by atoms with Crippen molar-refractivity contribution in [3.63, 3.8) is 0 Å². The summed E-state index contributed by atoms with van der Waals surface area (Å²) in [6.07, 6.45) is 0.458. The minimum atomic E-state index is -1.77. The van der Waals surface area contributed by atoms with Gasteiger partial charge in [-0.05, 0) is 38.1 Å². The lowest BCUT2D eigenvalue weighted by Gasteiger charge is -2.14. The Balaban J connectivity index is 1.75. The van der Waals surface area contributed by atoms with Crippen molar-refractivity contribution < 1.29 is 36.3 Å². The maximum atomic E-state index is 14.2. The Morgan fingerprint density at radius 1 is 0.964 bits per heavy atom. The second kappa shape index (κ2) is 7.86. The summed E-state index contributed by atoms with van der Waals surface area (Å²) in [7, 11) is 0. The SMILES string of the molecule is CC1(C)CC(SCOc2c(F)c(F)c(Oc3ccc(F)cc3)c(F)c2F)=NO1. The number of ether oxygens (including phenoxy) is 2. The Morgan fingerprint density at radius 2 is 1.54 bits per heavy atom. The van der Waals surface area contributed by atoms with Gasteiger partial charge in [0.25, 0.3) is 0 Å². The van der Waals surface area contributed by atoms with Gasteiger partial charge < -0.3 is 14.3 Å². The van der Waals surface area contributed by atoms with Crippen molar-refractivity contribution >= 4 is 16.8 Å². The molecule has 0 radical (unpaired) electrons. The van der Waals surface area contributed by atoms with E-state index < -0.39 is 46.2 Å². The van der Waals surface area contributed by atoms with E-state index in [0.29, 0.717) is 11.5 Å². The van der Waals surface area contributed by atoms with Gasteiger partial charge >= 0.3 is 0 Å². The fraction of sp³-hybridized carbons (Fsp3) is 0.278. The van der Waals surface area contributed by atoms with Crippen molar-refractivity contribution in [2.24, 2.45) is 5.16 Å². The predicted octanol–water partition coefficient (Wildman–Crippen LogP) is 5.76. The van der Waals surface area contributed by atoms with Crippen molar-refractivity contribution in [3.05, 3.63) is 53.4 Å². The minimum Gasteiger partial charge on any atom is -0.476 e. The van der Waals surface area contributed by atoms with Gasteiger partial charge in [0.15, 0.2) is 5.75 Å². The van der Waals surface area contributed by atoms with Gasteiger partial charge in [-0.25, -0.2) is 4.39 Å². The van der Waals surface area contributed by atoms with Crippen molar-refractivity contribution in [3.8, 4) is 17.2 Å². The third-order valence-electron chi connectivity index (χ3n) is 3.62. The van der Waals surface area contributed by atoms with E-state index in [2.05, 4.69) is 5.16 Å². The minimum absolute atomic E-state index is 0.205. The third kappa shape index (κ3) is 4.32. The lowest BCUT2D eigenvalue weighted by molar-refractivity contribution is 0.0123. The number of hydrogen-bond donors (Lipinski definition) is 0. The molecule has 0 aliphatic carbocycles. The maximum Gasteiger partial charge on any atom is 0.208 e. The van der Waals surface area contributed by atoms with Crippen molar-refractivity contribution in [2.75, 3.05) is 5.94 Å². The van der Waals surface area contributed by atoms with Gasteiger partial charge in [0, 0.05) is 6.42 Å². The summed E-state index contributed by atoms with van der Waals surface area (Å²) >= 11 is 0.976. The van der Waals surface area contributed by atoms with Crippen LogP contribution in [0, 0.1) is 29.1 Å². The highest BCUT2D eigenvalue weighted by Crippen LogP contribution is 2.37. The van der Waals surface area contributed by atoms with Crippen LogP contribution in [-0.4, -0.2) is 16.6 Å². The van der Waals surface area contributed by atoms with E-state index in [0.717, 1.165) is 36.0 Å². The molecule has 150 valence electrons. The van der Waals surface area contributed by atoms with Gasteiger partial charge in [0.2, 0.25) is 29.0 Å². The Kier molecular flexibility index (Phi) is 5.69. The largest absolute Gasteiger partial charge is 0.476 e. The molecule has 0 bridgehead atoms. The van der Waals surface area contributed by atoms with E-state index in [-0.39, 0.29) is 11.7 Å². The number of nitrogens with zero attached hydrogens (tertiary/aromatic N) is 1. The van der Waals surface area contributed by atoms with Crippen LogP contribution < -0.4 is 9.47 Å². The van der Waals surface area contributed by atoms with Gasteiger partial charge in [-0.15, -0.1) is 0 Å². The summed E-state index contributed by atoms with van der Waals surface area (Å²) in [5.41, 5.74) is -0.504. The number of benzene rings is 2. The molecule has 3 rings (SSSR count). The van der Waals surface area contributed by atoms with Crippen LogP contribution in [0.15, 0.2) is 29.4 Å². The standard InChI is InChI=1S/C18H14F5NO3S/c1-18(2)7-11(24-27-18)28-8-25-16-12(20)14(22)17(15(23)13(16)21)26-10-5-3-9(19)4-6-10/h3-6H,7-8H2,1-2H3. The first-order valence-electron chi connectivity index (χ1n) is 7.98. The van der Waals surface area contributed by atoms with E-state index >= 15 is 0 Å². The normalized spacial score (nSPS) is 15.2. The van der Waals surface area contributed by atoms with Gasteiger partial charge in [-0.3, -0.25) is 0 Å². The van der Waals surface area contributed by atoms with Gasteiger partial charge in [-0.2, -0.15) is 17.6 Å². The third-order valence-corrected chi connectivity index (χ3v) is 4.40. The average Bonchev–Trinajstić information content (AvgIpc) is 3.00. The van der Waals surface area contributed by atoms with Crippen LogP contribution in [0.5, 0.6) is 17.2 Å². The molecular weight excluding hydrogens is 405 g/mol. The lowest BCUT2D eigenvalue weighted by atomic mass is 10.1. The van der Waals surface area contributed by atoms with E-state index in [1.54, 1.807) is 13.8 Å². The molecule has 28 heavy (non-hydrogen) atoms. The molecule has 1 aliphatic rings. The van der Waals surface area contributed by atoms with Crippen LogP contribution in [0.4, 0.5) is 22.0 Å². The summed E-state index contributed by atoms with van der Waals surface area (Å²) in [5, 5.41) is 4.30. The predicted molar refractivity (Wildman–Crippen MR) is 93.1 cm³/mol. The van der Waals surface area contributed by atoms with Gasteiger partial charge in [0.1, 0.15) is 28.2 Å². The molecule has 2 aromatic rings. The Bertz CT molecular complexity index is 889. The molecule has 0 saturated carbocycles. The van der Waals surface area contributed by atoms with E-state index in [1.165, 1.54) is 0 Å². The fourth-order valence-corrected chi connectivity index (χ4v) is 3.12. The number of oxime groups is 1. The molecule has 0 amide bonds. The van der Waals surface area contributed by atoms with Gasteiger partial charge in [-0.1, -0.05) is 16.9 Å². The topological polar surface area (TPSA) is 40.0 Å². The van der Waals surface area contributed by atoms with Crippen molar-refractivity contribution in [1.82, 2.24) is 0 Å². The summed E-state index contributed by atoms with van der Waals surface area (Å²) in [5.74, 6) is -10.7. The number of hydrogen-bond acceptors (Lipinski definition) is 5. The van der Waals surface area contributed by atoms with E-state index in [1.807, 2.05) is 0 Å². The molecule has 10 heteroatoms. The van der Waals surface area contributed by atoms with Crippen LogP contribution in [0.1, 0.15) is 20.3 Å². The van der Waals surface area contributed by atoms with Crippen molar-refractivity contribution in [1.29, 1.82) is 0 Å². The monoisotopic (exact) mass is 419 g/mol. The molecule has 0 unspecified atom stereocenters. The average molecular weight is 419 g/mol. The number of halogens is 5.